The van der Waals surface area contributed by atoms with Crippen LogP contribution in [0.15, 0.2) is 16.7 Å². The van der Waals surface area contributed by atoms with Gasteiger partial charge in [-0.05, 0) is 22.0 Å². The number of ether oxygens (including phenoxy) is 1. The molecule has 0 aliphatic rings. The van der Waals surface area contributed by atoms with E-state index < -0.39 is 17.8 Å². The first-order valence-corrected chi connectivity index (χ1v) is 4.46. The molecule has 0 unspecified atom stereocenters. The molecule has 0 aliphatic carbocycles. The van der Waals surface area contributed by atoms with Gasteiger partial charge in [0.1, 0.15) is 5.69 Å². The first-order valence-electron chi connectivity index (χ1n) is 3.67. The Balaban J connectivity index is 3.23. The Morgan fingerprint density at radius 1 is 1.53 bits per heavy atom. The van der Waals surface area contributed by atoms with Crippen LogP contribution in [0.25, 0.3) is 0 Å². The summed E-state index contributed by atoms with van der Waals surface area (Å²) in [6.45, 7) is 0. The first-order chi connectivity index (χ1) is 6.86. The molecule has 0 aromatic carbocycles. The van der Waals surface area contributed by atoms with Crippen LogP contribution in [0.1, 0.15) is 16.1 Å². The predicted octanol–water partition coefficient (Wildman–Crippen LogP) is 2.65. The molecule has 0 spiro atoms. The highest BCUT2D eigenvalue weighted by Crippen LogP contribution is 2.29. The molecule has 0 fully saturated rings. The van der Waals surface area contributed by atoms with E-state index in [0.717, 1.165) is 13.3 Å². The van der Waals surface area contributed by atoms with E-state index in [1.54, 1.807) is 0 Å². The lowest BCUT2D eigenvalue weighted by Crippen LogP contribution is -2.11. The molecule has 15 heavy (non-hydrogen) atoms. The van der Waals surface area contributed by atoms with Gasteiger partial charge in [-0.2, -0.15) is 13.2 Å². The molecule has 7 heteroatoms. The summed E-state index contributed by atoms with van der Waals surface area (Å²) in [7, 11) is 1.09. The SMILES string of the molecule is COC(=O)c1cc(C(F)(F)F)ncc1Br. The zero-order chi connectivity index (χ0) is 11.6. The molecule has 0 amide bonds. The maximum Gasteiger partial charge on any atom is 0.433 e. The Kier molecular flexibility index (Phi) is 3.33. The van der Waals surface area contributed by atoms with Crippen molar-refractivity contribution in [2.45, 2.75) is 6.18 Å². The summed E-state index contributed by atoms with van der Waals surface area (Å²) < 4.78 is 41.2. The molecule has 0 radical (unpaired) electrons. The third-order valence-corrected chi connectivity index (χ3v) is 2.18. The van der Waals surface area contributed by atoms with Gasteiger partial charge in [0, 0.05) is 6.20 Å². The third kappa shape index (κ3) is 2.68. The summed E-state index contributed by atoms with van der Waals surface area (Å²) in [6.07, 6.45) is -3.67. The van der Waals surface area contributed by atoms with Crippen molar-refractivity contribution in [3.63, 3.8) is 0 Å². The fraction of sp³-hybridized carbons (Fsp3) is 0.250. The number of methoxy groups -OCH3 is 1. The minimum atomic E-state index is -4.58. The summed E-state index contributed by atoms with van der Waals surface area (Å²) in [5.41, 5.74) is -1.34. The molecule has 1 heterocycles. The molecule has 0 saturated carbocycles. The summed E-state index contributed by atoms with van der Waals surface area (Å²) in [5.74, 6) is -0.852. The van der Waals surface area contributed by atoms with E-state index >= 15 is 0 Å². The van der Waals surface area contributed by atoms with Gasteiger partial charge >= 0.3 is 12.1 Å². The van der Waals surface area contributed by atoms with Gasteiger partial charge in [0.25, 0.3) is 0 Å². The molecule has 0 atom stereocenters. The van der Waals surface area contributed by atoms with Crippen LogP contribution in [0.5, 0.6) is 0 Å². The lowest BCUT2D eigenvalue weighted by Gasteiger charge is -2.07. The molecule has 1 aromatic heterocycles. The minimum absolute atomic E-state index is 0.155. The number of pyridine rings is 1. The number of carbonyl (C=O) groups excluding carboxylic acids is 1. The van der Waals surface area contributed by atoms with Crippen molar-refractivity contribution in [3.05, 3.63) is 28.0 Å². The monoisotopic (exact) mass is 283 g/mol. The van der Waals surface area contributed by atoms with Crippen LogP contribution < -0.4 is 0 Å². The van der Waals surface area contributed by atoms with Crippen LogP contribution in [0.2, 0.25) is 0 Å². The lowest BCUT2D eigenvalue weighted by atomic mass is 10.2. The molecule has 0 saturated heterocycles. The summed E-state index contributed by atoms with van der Waals surface area (Å²) >= 11 is 2.91. The van der Waals surface area contributed by atoms with Crippen molar-refractivity contribution in [2.24, 2.45) is 0 Å². The van der Waals surface area contributed by atoms with Crippen molar-refractivity contribution >= 4 is 21.9 Å². The van der Waals surface area contributed by atoms with Crippen molar-refractivity contribution in [2.75, 3.05) is 7.11 Å². The van der Waals surface area contributed by atoms with E-state index in [1.165, 1.54) is 0 Å². The number of halogens is 4. The number of alkyl halides is 3. The van der Waals surface area contributed by atoms with Gasteiger partial charge in [-0.3, -0.25) is 4.98 Å². The van der Waals surface area contributed by atoms with E-state index in [-0.39, 0.29) is 10.0 Å². The maximum atomic E-state index is 12.2. The van der Waals surface area contributed by atoms with E-state index in [1.807, 2.05) is 0 Å². The molecule has 0 aliphatic heterocycles. The Morgan fingerprint density at radius 2 is 2.13 bits per heavy atom. The molecule has 0 bridgehead atoms. The van der Waals surface area contributed by atoms with Gasteiger partial charge in [0.2, 0.25) is 0 Å². The Morgan fingerprint density at radius 3 is 2.60 bits per heavy atom. The van der Waals surface area contributed by atoms with E-state index in [9.17, 15) is 18.0 Å². The molecule has 82 valence electrons. The quantitative estimate of drug-likeness (QED) is 0.744. The average Bonchev–Trinajstić information content (AvgIpc) is 2.15. The molecular weight excluding hydrogens is 279 g/mol. The van der Waals surface area contributed by atoms with Crippen LogP contribution in [0, 0.1) is 0 Å². The lowest BCUT2D eigenvalue weighted by molar-refractivity contribution is -0.141. The highest BCUT2D eigenvalue weighted by molar-refractivity contribution is 9.10. The second-order valence-corrected chi connectivity index (χ2v) is 3.39. The van der Waals surface area contributed by atoms with Gasteiger partial charge in [0.05, 0.1) is 17.1 Å². The minimum Gasteiger partial charge on any atom is -0.465 e. The molecule has 1 rings (SSSR count). The second kappa shape index (κ2) is 4.18. The zero-order valence-electron chi connectivity index (χ0n) is 7.43. The fourth-order valence-electron chi connectivity index (χ4n) is 0.860. The second-order valence-electron chi connectivity index (χ2n) is 2.54. The number of hydrogen-bond donors (Lipinski definition) is 0. The largest absolute Gasteiger partial charge is 0.465 e. The van der Waals surface area contributed by atoms with Crippen LogP contribution >= 0.6 is 15.9 Å². The van der Waals surface area contributed by atoms with Gasteiger partial charge in [-0.1, -0.05) is 0 Å². The summed E-state index contributed by atoms with van der Waals surface area (Å²) in [5, 5.41) is 0. The maximum absolute atomic E-state index is 12.2. The number of rotatable bonds is 1. The van der Waals surface area contributed by atoms with Crippen LogP contribution in [0.3, 0.4) is 0 Å². The third-order valence-electron chi connectivity index (χ3n) is 1.55. The van der Waals surface area contributed by atoms with Crippen LogP contribution in [0.4, 0.5) is 13.2 Å². The number of hydrogen-bond acceptors (Lipinski definition) is 3. The normalized spacial score (nSPS) is 11.3. The molecule has 3 nitrogen and oxygen atoms in total. The van der Waals surface area contributed by atoms with Crippen molar-refractivity contribution < 1.29 is 22.7 Å². The Labute approximate surface area is 91.4 Å². The van der Waals surface area contributed by atoms with Crippen molar-refractivity contribution in [3.8, 4) is 0 Å². The number of aromatic nitrogens is 1. The van der Waals surface area contributed by atoms with E-state index in [4.69, 9.17) is 0 Å². The Bertz CT molecular complexity index is 392. The molecular formula is C8H5BrF3NO2. The van der Waals surface area contributed by atoms with E-state index in [0.29, 0.717) is 6.07 Å². The standard InChI is InChI=1S/C8H5BrF3NO2/c1-15-7(14)4-2-6(8(10,11)12)13-3-5(4)9/h2-3H,1H3. The smallest absolute Gasteiger partial charge is 0.433 e. The van der Waals surface area contributed by atoms with Gasteiger partial charge in [-0.25, -0.2) is 4.79 Å². The number of nitrogens with zero attached hydrogens (tertiary/aromatic N) is 1. The topological polar surface area (TPSA) is 39.2 Å². The average molecular weight is 284 g/mol. The zero-order valence-corrected chi connectivity index (χ0v) is 9.02. The highest BCUT2D eigenvalue weighted by Gasteiger charge is 2.33. The Hall–Kier alpha value is -1.11. The van der Waals surface area contributed by atoms with Crippen molar-refractivity contribution in [1.29, 1.82) is 0 Å². The van der Waals surface area contributed by atoms with Crippen LogP contribution in [-0.2, 0) is 10.9 Å². The summed E-state index contributed by atoms with van der Waals surface area (Å²) in [4.78, 5) is 14.2. The first kappa shape index (κ1) is 12.0. The fourth-order valence-corrected chi connectivity index (χ4v) is 1.24. The summed E-state index contributed by atoms with van der Waals surface area (Å²) in [6, 6.07) is 0.635. The van der Waals surface area contributed by atoms with Gasteiger partial charge < -0.3 is 4.74 Å². The van der Waals surface area contributed by atoms with Gasteiger partial charge in [-0.15, -0.1) is 0 Å². The molecule has 1 aromatic rings. The number of esters is 1. The number of carbonyl (C=O) groups is 1. The molecule has 0 N–H and O–H groups in total. The van der Waals surface area contributed by atoms with Gasteiger partial charge in [0.15, 0.2) is 0 Å². The van der Waals surface area contributed by atoms with Crippen molar-refractivity contribution in [1.82, 2.24) is 4.98 Å². The van der Waals surface area contributed by atoms with E-state index in [2.05, 4.69) is 25.7 Å². The predicted molar refractivity (Wildman–Crippen MR) is 48.3 cm³/mol. The highest BCUT2D eigenvalue weighted by atomic mass is 79.9. The van der Waals surface area contributed by atoms with Crippen LogP contribution in [-0.4, -0.2) is 18.1 Å².